The minimum Gasteiger partial charge on any atom is -0.450 e. The van der Waals surface area contributed by atoms with E-state index in [4.69, 9.17) is 31.2 Å². The normalized spacial score (nSPS) is 17.6. The van der Waals surface area contributed by atoms with Crippen LogP contribution in [0.15, 0.2) is 37.1 Å². The highest BCUT2D eigenvalue weighted by molar-refractivity contribution is 6.36. The van der Waals surface area contributed by atoms with Crippen LogP contribution in [0.1, 0.15) is 71.5 Å². The number of anilines is 2. The van der Waals surface area contributed by atoms with Gasteiger partial charge in [-0.05, 0) is 25.7 Å². The molecule has 1 saturated carbocycles. The Labute approximate surface area is 243 Å². The summed E-state index contributed by atoms with van der Waals surface area (Å²) in [5.41, 5.74) is 2.94. The van der Waals surface area contributed by atoms with E-state index >= 15 is 0 Å². The van der Waals surface area contributed by atoms with E-state index in [0.29, 0.717) is 33.6 Å². The van der Waals surface area contributed by atoms with Gasteiger partial charge in [0, 0.05) is 43.2 Å². The summed E-state index contributed by atoms with van der Waals surface area (Å²) in [6.07, 6.45) is 13.9. The molecule has 0 amide bonds. The summed E-state index contributed by atoms with van der Waals surface area (Å²) in [7, 11) is 1.89. The third kappa shape index (κ3) is 5.24. The summed E-state index contributed by atoms with van der Waals surface area (Å²) in [5, 5.41) is 13.2. The third-order valence-corrected chi connectivity index (χ3v) is 7.99. The Bertz CT molecular complexity index is 1680. The Balaban J connectivity index is 1.30. The molecule has 0 spiro atoms. The molecule has 0 aromatic carbocycles. The number of hydrogen-bond acceptors (Lipinski definition) is 8. The van der Waals surface area contributed by atoms with E-state index in [1.807, 2.05) is 11.6 Å². The van der Waals surface area contributed by atoms with Gasteiger partial charge in [0.2, 0.25) is 5.95 Å². The maximum Gasteiger partial charge on any atom is 0.210 e. The zero-order chi connectivity index (χ0) is 28.7. The zero-order valence-corrected chi connectivity index (χ0v) is 24.9. The number of aromatic nitrogens is 8. The Morgan fingerprint density at radius 2 is 2.00 bits per heavy atom. The van der Waals surface area contributed by atoms with Crippen LogP contribution in [0, 0.1) is 0 Å². The molecule has 0 radical (unpaired) electrons. The highest BCUT2D eigenvalue weighted by Crippen LogP contribution is 2.39. The lowest BCUT2D eigenvalue weighted by Crippen LogP contribution is -2.28. The van der Waals surface area contributed by atoms with Gasteiger partial charge in [0.25, 0.3) is 0 Å². The van der Waals surface area contributed by atoms with Gasteiger partial charge < -0.3 is 19.4 Å². The molecule has 1 fully saturated rings. The van der Waals surface area contributed by atoms with Crippen LogP contribution >= 0.6 is 11.6 Å². The van der Waals surface area contributed by atoms with Crippen LogP contribution < -0.4 is 10.1 Å². The molecule has 1 aliphatic rings. The Morgan fingerprint density at radius 3 is 2.80 bits per heavy atom. The molecule has 0 unspecified atom stereocenters. The lowest BCUT2D eigenvalue weighted by molar-refractivity contribution is 0.0254. The minimum atomic E-state index is -0.0967. The number of pyridine rings is 1. The second kappa shape index (κ2) is 10.9. The molecule has 41 heavy (non-hydrogen) atoms. The van der Waals surface area contributed by atoms with Crippen molar-refractivity contribution < 1.29 is 9.47 Å². The summed E-state index contributed by atoms with van der Waals surface area (Å²) >= 11 is 6.84. The fraction of sp³-hybridized carbons (Fsp3) is 0.483. The first-order chi connectivity index (χ1) is 19.7. The number of aryl methyl sites for hydroxylation is 1. The van der Waals surface area contributed by atoms with Crippen LogP contribution in [-0.4, -0.2) is 51.6 Å². The van der Waals surface area contributed by atoms with Gasteiger partial charge >= 0.3 is 0 Å². The topological polar surface area (TPSA) is 109 Å². The molecule has 0 saturated heterocycles. The molecular formula is C29H36ClN9O2. The van der Waals surface area contributed by atoms with Gasteiger partial charge in [-0.25, -0.2) is 9.50 Å². The Morgan fingerprint density at radius 1 is 1.15 bits per heavy atom. The van der Waals surface area contributed by atoms with E-state index in [0.717, 1.165) is 55.7 Å². The summed E-state index contributed by atoms with van der Waals surface area (Å²) in [6, 6.07) is 2.33. The number of ether oxygens (including phenoxy) is 2. The molecule has 1 N–H and O–H groups in total. The molecule has 5 aromatic rings. The number of fused-ring (bicyclic) bond motifs is 2. The predicted molar refractivity (Wildman–Crippen MR) is 158 cm³/mol. The second-order valence-corrected chi connectivity index (χ2v) is 12.0. The van der Waals surface area contributed by atoms with E-state index in [9.17, 15) is 0 Å². The van der Waals surface area contributed by atoms with Crippen molar-refractivity contribution in [3.8, 4) is 11.5 Å². The average Bonchev–Trinajstić information content (AvgIpc) is 3.72. The first-order valence-corrected chi connectivity index (χ1v) is 14.6. The third-order valence-electron chi connectivity index (χ3n) is 7.62. The van der Waals surface area contributed by atoms with Crippen molar-refractivity contribution in [2.45, 2.75) is 77.4 Å². The van der Waals surface area contributed by atoms with Gasteiger partial charge in [0.05, 0.1) is 30.7 Å². The zero-order valence-electron chi connectivity index (χ0n) is 24.1. The fourth-order valence-corrected chi connectivity index (χ4v) is 5.75. The first kappa shape index (κ1) is 27.5. The predicted octanol–water partition coefficient (Wildman–Crippen LogP) is 6.60. The van der Waals surface area contributed by atoms with Gasteiger partial charge in [-0.15, -0.1) is 0 Å². The molecule has 0 aliphatic heterocycles. The number of imidazole rings is 1. The van der Waals surface area contributed by atoms with Crippen molar-refractivity contribution in [1.82, 2.24) is 38.9 Å². The summed E-state index contributed by atoms with van der Waals surface area (Å²) in [5.74, 6) is 2.24. The van der Waals surface area contributed by atoms with Gasteiger partial charge in [-0.2, -0.15) is 15.2 Å². The van der Waals surface area contributed by atoms with E-state index in [-0.39, 0.29) is 17.6 Å². The number of rotatable bonds is 9. The second-order valence-electron chi connectivity index (χ2n) is 11.6. The van der Waals surface area contributed by atoms with E-state index in [1.54, 1.807) is 35.5 Å². The van der Waals surface area contributed by atoms with Crippen LogP contribution in [0.2, 0.25) is 5.02 Å². The van der Waals surface area contributed by atoms with Crippen LogP contribution in [0.3, 0.4) is 0 Å². The Hall–Kier alpha value is -3.70. The summed E-state index contributed by atoms with van der Waals surface area (Å²) < 4.78 is 18.1. The largest absolute Gasteiger partial charge is 0.450 e. The van der Waals surface area contributed by atoms with E-state index in [2.05, 4.69) is 58.8 Å². The molecule has 6 rings (SSSR count). The van der Waals surface area contributed by atoms with Crippen molar-refractivity contribution in [2.75, 3.05) is 11.9 Å². The van der Waals surface area contributed by atoms with Crippen molar-refractivity contribution in [2.24, 2.45) is 7.05 Å². The molecule has 5 aromatic heterocycles. The van der Waals surface area contributed by atoms with Gasteiger partial charge in [0.15, 0.2) is 23.0 Å². The van der Waals surface area contributed by atoms with E-state index < -0.39 is 0 Å². The highest BCUT2D eigenvalue weighted by atomic mass is 35.5. The van der Waals surface area contributed by atoms with Crippen molar-refractivity contribution >= 4 is 40.0 Å². The quantitative estimate of drug-likeness (QED) is 0.195. The molecule has 216 valence electrons. The molecule has 5 heterocycles. The number of hydrogen-bond donors (Lipinski definition) is 1. The number of nitrogens with zero attached hydrogens (tertiary/aromatic N) is 8. The maximum atomic E-state index is 6.84. The van der Waals surface area contributed by atoms with Crippen LogP contribution in [0.5, 0.6) is 11.5 Å². The molecule has 12 heteroatoms. The van der Waals surface area contributed by atoms with Crippen molar-refractivity contribution in [3.63, 3.8) is 0 Å². The van der Waals surface area contributed by atoms with Crippen LogP contribution in [0.4, 0.5) is 11.8 Å². The standard InChI is InChI=1S/C29H36ClN9O2/c1-6-7-13-40-20-10-8-9-18(20)39-23(29(2,3)4)14-24(36-39)34-28-35-27-26(37(28)5)25(30)22(16-32-27)41-21-17-33-38-12-11-31-15-19(21)38/h11-12,14-18,20H,6-10,13H2,1-5H3,(H,32,34,35,36)/t18-,20+/m0/s1. The summed E-state index contributed by atoms with van der Waals surface area (Å²) in [4.78, 5) is 13.4. The van der Waals surface area contributed by atoms with Crippen molar-refractivity contribution in [3.05, 3.63) is 47.8 Å². The SMILES string of the molecule is CCCCO[C@@H]1CCC[C@@H]1n1nc(Nc2nc3ncc(Oc4cnn5ccncc45)c(Cl)c3n2C)cc1C(C)(C)C. The first-order valence-electron chi connectivity index (χ1n) is 14.2. The molecular weight excluding hydrogens is 542 g/mol. The minimum absolute atomic E-state index is 0.0967. The summed E-state index contributed by atoms with van der Waals surface area (Å²) in [6.45, 7) is 9.63. The maximum absolute atomic E-state index is 6.84. The number of nitrogens with one attached hydrogen (secondary N) is 1. The average molecular weight is 578 g/mol. The Kier molecular flexibility index (Phi) is 7.33. The molecule has 1 aliphatic carbocycles. The molecule has 11 nitrogen and oxygen atoms in total. The van der Waals surface area contributed by atoms with Gasteiger partial charge in [-0.1, -0.05) is 45.7 Å². The molecule has 2 atom stereocenters. The van der Waals surface area contributed by atoms with Gasteiger partial charge in [0.1, 0.15) is 16.1 Å². The lowest BCUT2D eigenvalue weighted by Gasteiger charge is -2.27. The lowest BCUT2D eigenvalue weighted by atomic mass is 9.91. The smallest absolute Gasteiger partial charge is 0.210 e. The highest BCUT2D eigenvalue weighted by Gasteiger charge is 2.34. The number of halogens is 1. The van der Waals surface area contributed by atoms with Crippen LogP contribution in [-0.2, 0) is 17.2 Å². The van der Waals surface area contributed by atoms with Gasteiger partial charge in [-0.3, -0.25) is 9.67 Å². The van der Waals surface area contributed by atoms with E-state index in [1.165, 1.54) is 0 Å². The monoisotopic (exact) mass is 577 g/mol. The number of unbranched alkanes of at least 4 members (excludes halogenated alkanes) is 1. The van der Waals surface area contributed by atoms with Crippen LogP contribution in [0.25, 0.3) is 16.7 Å². The fourth-order valence-electron chi connectivity index (χ4n) is 5.45. The molecule has 0 bridgehead atoms. The van der Waals surface area contributed by atoms with Crippen molar-refractivity contribution in [1.29, 1.82) is 0 Å².